The molecule has 1 aromatic heterocycles. The molecule has 2 aromatic rings. The van der Waals surface area contributed by atoms with E-state index in [-0.39, 0.29) is 5.60 Å². The number of rotatable bonds is 5. The minimum atomic E-state index is -0.0779. The molecule has 1 saturated heterocycles. The quantitative estimate of drug-likeness (QED) is 0.919. The van der Waals surface area contributed by atoms with Gasteiger partial charge < -0.3 is 14.6 Å². The molecule has 0 saturated carbocycles. The zero-order chi connectivity index (χ0) is 14.9. The molecule has 0 spiro atoms. The Hall–Kier alpha value is -1.39. The fourth-order valence-electron chi connectivity index (χ4n) is 3.52. The van der Waals surface area contributed by atoms with Gasteiger partial charge in [-0.05, 0) is 45.9 Å². The van der Waals surface area contributed by atoms with Gasteiger partial charge in [0.05, 0.1) is 16.6 Å². The molecule has 2 unspecified atom stereocenters. The lowest BCUT2D eigenvalue weighted by Crippen LogP contribution is -2.48. The van der Waals surface area contributed by atoms with Crippen molar-refractivity contribution < 1.29 is 4.74 Å². The van der Waals surface area contributed by atoms with E-state index in [1.54, 1.807) is 0 Å². The van der Waals surface area contributed by atoms with Crippen LogP contribution in [0.15, 0.2) is 24.3 Å². The minimum Gasteiger partial charge on any atom is -0.374 e. The van der Waals surface area contributed by atoms with Gasteiger partial charge in [0.15, 0.2) is 0 Å². The Bertz CT molecular complexity index is 614. The molecule has 0 radical (unpaired) electrons. The summed E-state index contributed by atoms with van der Waals surface area (Å²) in [4.78, 5) is 4.84. The van der Waals surface area contributed by atoms with E-state index in [2.05, 4.69) is 48.0 Å². The molecule has 1 aromatic carbocycles. The van der Waals surface area contributed by atoms with Crippen molar-refractivity contribution in [1.29, 1.82) is 0 Å². The van der Waals surface area contributed by atoms with E-state index in [0.29, 0.717) is 6.04 Å². The second-order valence-electron chi connectivity index (χ2n) is 6.07. The van der Waals surface area contributed by atoms with Crippen LogP contribution in [0.1, 0.15) is 32.5 Å². The van der Waals surface area contributed by atoms with Crippen molar-refractivity contribution in [3.05, 3.63) is 30.1 Å². The largest absolute Gasteiger partial charge is 0.374 e. The third kappa shape index (κ3) is 2.58. The van der Waals surface area contributed by atoms with Crippen LogP contribution in [0.4, 0.5) is 0 Å². The van der Waals surface area contributed by atoms with Crippen molar-refractivity contribution in [3.63, 3.8) is 0 Å². The lowest BCUT2D eigenvalue weighted by atomic mass is 9.90. The first kappa shape index (κ1) is 14.5. The molecule has 0 amide bonds. The molecule has 2 atom stereocenters. The number of aryl methyl sites for hydroxylation is 1. The van der Waals surface area contributed by atoms with Gasteiger partial charge in [-0.2, -0.15) is 0 Å². The Morgan fingerprint density at radius 1 is 1.43 bits per heavy atom. The second kappa shape index (κ2) is 5.78. The molecule has 0 aliphatic carbocycles. The predicted octanol–water partition coefficient (Wildman–Crippen LogP) is 2.76. The number of aromatic nitrogens is 2. The van der Waals surface area contributed by atoms with Gasteiger partial charge >= 0.3 is 0 Å². The standard InChI is InChI=1S/C17H25N3O/c1-4-20-14-9-6-5-8-13(14)19-16(20)12-15(18-3)17(2)10-7-11-21-17/h5-6,8-9,15,18H,4,7,10-12H2,1-3H3. The highest BCUT2D eigenvalue weighted by atomic mass is 16.5. The van der Waals surface area contributed by atoms with Gasteiger partial charge in [0.2, 0.25) is 0 Å². The van der Waals surface area contributed by atoms with Crippen molar-refractivity contribution in [1.82, 2.24) is 14.9 Å². The van der Waals surface area contributed by atoms with Gasteiger partial charge in [-0.3, -0.25) is 0 Å². The van der Waals surface area contributed by atoms with E-state index in [9.17, 15) is 0 Å². The van der Waals surface area contributed by atoms with Crippen molar-refractivity contribution in [2.75, 3.05) is 13.7 Å². The molecule has 4 nitrogen and oxygen atoms in total. The average Bonchev–Trinajstić information content (AvgIpc) is 3.08. The van der Waals surface area contributed by atoms with Gasteiger partial charge in [-0.15, -0.1) is 0 Å². The van der Waals surface area contributed by atoms with Crippen LogP contribution in [0, 0.1) is 0 Å². The molecule has 114 valence electrons. The van der Waals surface area contributed by atoms with E-state index in [1.165, 1.54) is 5.52 Å². The first-order chi connectivity index (χ1) is 10.2. The number of para-hydroxylation sites is 2. The molecule has 2 heterocycles. The topological polar surface area (TPSA) is 39.1 Å². The Kier molecular flexibility index (Phi) is 4.00. The third-order valence-electron chi connectivity index (χ3n) is 4.77. The zero-order valence-corrected chi connectivity index (χ0v) is 13.2. The van der Waals surface area contributed by atoms with Crippen LogP contribution >= 0.6 is 0 Å². The van der Waals surface area contributed by atoms with Crippen molar-refractivity contribution in [2.45, 2.75) is 51.3 Å². The molecule has 21 heavy (non-hydrogen) atoms. The first-order valence-corrected chi connectivity index (χ1v) is 7.93. The molecular weight excluding hydrogens is 262 g/mol. The molecular formula is C17H25N3O. The SMILES string of the molecule is CCn1c(CC(NC)C2(C)CCCO2)nc2ccccc21. The Balaban J connectivity index is 1.92. The number of ether oxygens (including phenoxy) is 1. The number of benzene rings is 1. The first-order valence-electron chi connectivity index (χ1n) is 7.93. The van der Waals surface area contributed by atoms with Gasteiger partial charge in [0, 0.05) is 25.6 Å². The summed E-state index contributed by atoms with van der Waals surface area (Å²) < 4.78 is 8.33. The highest BCUT2D eigenvalue weighted by Gasteiger charge is 2.38. The molecule has 0 bridgehead atoms. The fraction of sp³-hybridized carbons (Fsp3) is 0.588. The summed E-state index contributed by atoms with van der Waals surface area (Å²) in [6.07, 6.45) is 3.17. The summed E-state index contributed by atoms with van der Waals surface area (Å²) in [7, 11) is 2.02. The summed E-state index contributed by atoms with van der Waals surface area (Å²) in [6, 6.07) is 8.67. The van der Waals surface area contributed by atoms with Crippen LogP contribution in [0.25, 0.3) is 11.0 Å². The van der Waals surface area contributed by atoms with E-state index >= 15 is 0 Å². The monoisotopic (exact) mass is 287 g/mol. The van der Waals surface area contributed by atoms with Crippen LogP contribution in [0.5, 0.6) is 0 Å². The van der Waals surface area contributed by atoms with Gasteiger partial charge in [-0.25, -0.2) is 4.98 Å². The molecule has 1 aliphatic heterocycles. The fourth-order valence-corrected chi connectivity index (χ4v) is 3.52. The number of likely N-dealkylation sites (N-methyl/N-ethyl adjacent to an activating group) is 1. The summed E-state index contributed by atoms with van der Waals surface area (Å²) in [5, 5.41) is 3.45. The number of imidazole rings is 1. The maximum atomic E-state index is 6.01. The maximum Gasteiger partial charge on any atom is 0.111 e. The van der Waals surface area contributed by atoms with Gasteiger partial charge in [0.25, 0.3) is 0 Å². The Morgan fingerprint density at radius 2 is 2.24 bits per heavy atom. The minimum absolute atomic E-state index is 0.0779. The summed E-state index contributed by atoms with van der Waals surface area (Å²) in [6.45, 7) is 6.22. The summed E-state index contributed by atoms with van der Waals surface area (Å²) in [5.74, 6) is 1.15. The highest BCUT2D eigenvalue weighted by molar-refractivity contribution is 5.75. The van der Waals surface area contributed by atoms with Crippen molar-refractivity contribution >= 4 is 11.0 Å². The number of nitrogens with zero attached hydrogens (tertiary/aromatic N) is 2. The van der Waals surface area contributed by atoms with E-state index in [4.69, 9.17) is 9.72 Å². The molecule has 1 fully saturated rings. The number of hydrogen-bond acceptors (Lipinski definition) is 3. The van der Waals surface area contributed by atoms with Crippen molar-refractivity contribution in [2.24, 2.45) is 0 Å². The van der Waals surface area contributed by atoms with Crippen LogP contribution in [-0.4, -0.2) is 34.8 Å². The van der Waals surface area contributed by atoms with Crippen LogP contribution in [-0.2, 0) is 17.7 Å². The smallest absolute Gasteiger partial charge is 0.111 e. The number of nitrogens with one attached hydrogen (secondary N) is 1. The average molecular weight is 287 g/mol. The third-order valence-corrected chi connectivity index (χ3v) is 4.77. The van der Waals surface area contributed by atoms with Gasteiger partial charge in [-0.1, -0.05) is 12.1 Å². The second-order valence-corrected chi connectivity index (χ2v) is 6.07. The molecule has 1 N–H and O–H groups in total. The molecule has 4 heteroatoms. The summed E-state index contributed by atoms with van der Waals surface area (Å²) in [5.41, 5.74) is 2.23. The predicted molar refractivity (Wildman–Crippen MR) is 85.5 cm³/mol. The van der Waals surface area contributed by atoms with Gasteiger partial charge in [0.1, 0.15) is 5.82 Å². The number of hydrogen-bond donors (Lipinski definition) is 1. The molecule has 1 aliphatic rings. The number of fused-ring (bicyclic) bond motifs is 1. The van der Waals surface area contributed by atoms with Crippen LogP contribution in [0.3, 0.4) is 0 Å². The normalized spacial score (nSPS) is 23.8. The highest BCUT2D eigenvalue weighted by Crippen LogP contribution is 2.30. The maximum absolute atomic E-state index is 6.01. The van der Waals surface area contributed by atoms with E-state index < -0.39 is 0 Å². The van der Waals surface area contributed by atoms with E-state index in [0.717, 1.165) is 43.8 Å². The lowest BCUT2D eigenvalue weighted by Gasteiger charge is -2.33. The molecule has 3 rings (SSSR count). The zero-order valence-electron chi connectivity index (χ0n) is 13.2. The Labute approximate surface area is 126 Å². The summed E-state index contributed by atoms with van der Waals surface area (Å²) >= 11 is 0. The Morgan fingerprint density at radius 3 is 2.90 bits per heavy atom. The van der Waals surface area contributed by atoms with Crippen LogP contribution in [0.2, 0.25) is 0 Å². The van der Waals surface area contributed by atoms with Crippen LogP contribution < -0.4 is 5.32 Å². The lowest BCUT2D eigenvalue weighted by molar-refractivity contribution is -0.0101. The van der Waals surface area contributed by atoms with Crippen molar-refractivity contribution in [3.8, 4) is 0 Å². The van der Waals surface area contributed by atoms with E-state index in [1.807, 2.05) is 7.05 Å².